The second-order valence-electron chi connectivity index (χ2n) is 8.48. The van der Waals surface area contributed by atoms with Crippen molar-refractivity contribution in [3.8, 4) is 0 Å². The number of aromatic nitrogens is 3. The summed E-state index contributed by atoms with van der Waals surface area (Å²) in [5.74, 6) is 0.338. The van der Waals surface area contributed by atoms with Gasteiger partial charge in [0.25, 0.3) is 5.91 Å². The Morgan fingerprint density at radius 2 is 1.62 bits per heavy atom. The summed E-state index contributed by atoms with van der Waals surface area (Å²) < 4.78 is 31.3. The summed E-state index contributed by atoms with van der Waals surface area (Å²) >= 11 is 0. The number of pyridine rings is 1. The van der Waals surface area contributed by atoms with Crippen LogP contribution in [0, 0.1) is 6.92 Å². The van der Waals surface area contributed by atoms with Crippen LogP contribution in [0.25, 0.3) is 11.0 Å². The number of carbonyl (C=O) groups is 1. The molecule has 0 aliphatic rings. The first kappa shape index (κ1) is 24.4. The van der Waals surface area contributed by atoms with Gasteiger partial charge in [-0.25, -0.2) is 13.4 Å². The molecule has 8 nitrogen and oxygen atoms in total. The molecule has 0 saturated heterocycles. The second kappa shape index (κ2) is 10.3. The van der Waals surface area contributed by atoms with Crippen molar-refractivity contribution in [2.24, 2.45) is 0 Å². The molecule has 0 fully saturated rings. The van der Waals surface area contributed by atoms with Crippen molar-refractivity contribution in [3.63, 3.8) is 0 Å². The Hall–Kier alpha value is -4.34. The minimum absolute atomic E-state index is 0.160. The molecule has 5 rings (SSSR count). The number of carbonyl (C=O) groups excluding carboxylic acids is 1. The molecule has 1 unspecified atom stereocenters. The second-order valence-corrected chi connectivity index (χ2v) is 10.2. The number of hydrogen-bond donors (Lipinski definition) is 2. The summed E-state index contributed by atoms with van der Waals surface area (Å²) in [5.41, 5.74) is 3.19. The van der Waals surface area contributed by atoms with E-state index >= 15 is 0 Å². The van der Waals surface area contributed by atoms with E-state index in [9.17, 15) is 13.2 Å². The first-order chi connectivity index (χ1) is 17.9. The van der Waals surface area contributed by atoms with Gasteiger partial charge < -0.3 is 9.88 Å². The summed E-state index contributed by atoms with van der Waals surface area (Å²) in [4.78, 5) is 22.0. The Labute approximate surface area is 215 Å². The zero-order valence-corrected chi connectivity index (χ0v) is 20.9. The minimum Gasteiger partial charge on any atom is -0.346 e. The quantitative estimate of drug-likeness (QED) is 0.325. The number of rotatable bonds is 8. The van der Waals surface area contributed by atoms with Crippen molar-refractivity contribution >= 4 is 27.0 Å². The molecule has 0 aliphatic carbocycles. The molecular formula is C28H25N5O3S. The van der Waals surface area contributed by atoms with E-state index in [2.05, 4.69) is 20.0 Å². The normalized spacial score (nSPS) is 12.4. The van der Waals surface area contributed by atoms with E-state index in [4.69, 9.17) is 0 Å². The van der Waals surface area contributed by atoms with Gasteiger partial charge in [0.1, 0.15) is 12.0 Å². The van der Waals surface area contributed by atoms with Crippen molar-refractivity contribution in [3.05, 3.63) is 126 Å². The average molecular weight is 512 g/mol. The molecule has 37 heavy (non-hydrogen) atoms. The van der Waals surface area contributed by atoms with Gasteiger partial charge in [-0.15, -0.1) is 0 Å². The van der Waals surface area contributed by atoms with Crippen LogP contribution in [0.4, 0.5) is 0 Å². The fourth-order valence-electron chi connectivity index (χ4n) is 4.18. The fourth-order valence-corrected chi connectivity index (χ4v) is 5.36. The number of aryl methyl sites for hydroxylation is 1. The highest BCUT2D eigenvalue weighted by Gasteiger charge is 2.26. The highest BCUT2D eigenvalue weighted by Crippen LogP contribution is 2.27. The minimum atomic E-state index is -3.87. The van der Waals surface area contributed by atoms with E-state index in [-0.39, 0.29) is 10.8 Å². The van der Waals surface area contributed by atoms with Crippen LogP contribution in [0.15, 0.2) is 108 Å². The summed E-state index contributed by atoms with van der Waals surface area (Å²) in [5, 5.41) is 2.88. The van der Waals surface area contributed by atoms with Crippen molar-refractivity contribution in [1.82, 2.24) is 24.6 Å². The largest absolute Gasteiger partial charge is 0.346 e. The summed E-state index contributed by atoms with van der Waals surface area (Å²) in [6.07, 6.45) is 0.887. The van der Waals surface area contributed by atoms with E-state index in [0.29, 0.717) is 29.0 Å². The maximum Gasteiger partial charge on any atom is 0.251 e. The smallest absolute Gasteiger partial charge is 0.251 e. The molecule has 3 aromatic carbocycles. The average Bonchev–Trinajstić information content (AvgIpc) is 3.26. The number of sulfonamides is 1. The standard InChI is InChI=1S/C28H25N5O3S/c1-20-31-25-16-15-22(28(34)30-19-23-12-8-9-17-29-23)18-26(25)33(20)27(21-10-4-2-5-11-21)32-37(35,36)24-13-6-3-7-14-24/h2-18,27,32H,19H2,1H3,(H,30,34). The molecule has 2 heterocycles. The molecule has 0 spiro atoms. The van der Waals surface area contributed by atoms with E-state index < -0.39 is 16.2 Å². The van der Waals surface area contributed by atoms with Crippen LogP contribution in [-0.2, 0) is 16.6 Å². The van der Waals surface area contributed by atoms with Gasteiger partial charge in [-0.1, -0.05) is 54.6 Å². The van der Waals surface area contributed by atoms with E-state index in [0.717, 1.165) is 11.3 Å². The third kappa shape index (κ3) is 5.28. The van der Waals surface area contributed by atoms with Crippen molar-refractivity contribution in [1.29, 1.82) is 0 Å². The van der Waals surface area contributed by atoms with Crippen molar-refractivity contribution in [2.75, 3.05) is 0 Å². The van der Waals surface area contributed by atoms with Gasteiger partial charge in [0.2, 0.25) is 10.0 Å². The molecule has 1 atom stereocenters. The maximum atomic E-state index is 13.3. The van der Waals surface area contributed by atoms with Crippen LogP contribution >= 0.6 is 0 Å². The van der Waals surface area contributed by atoms with Gasteiger partial charge in [-0.2, -0.15) is 4.72 Å². The lowest BCUT2D eigenvalue weighted by atomic mass is 10.1. The summed E-state index contributed by atoms with van der Waals surface area (Å²) in [6.45, 7) is 2.10. The molecule has 2 N–H and O–H groups in total. The van der Waals surface area contributed by atoms with Crippen LogP contribution < -0.4 is 10.0 Å². The van der Waals surface area contributed by atoms with E-state index in [1.54, 1.807) is 59.3 Å². The zero-order chi connectivity index (χ0) is 25.8. The number of nitrogens with one attached hydrogen (secondary N) is 2. The number of hydrogen-bond acceptors (Lipinski definition) is 5. The first-order valence-corrected chi connectivity index (χ1v) is 13.2. The zero-order valence-electron chi connectivity index (χ0n) is 20.1. The Balaban J connectivity index is 1.54. The molecule has 5 aromatic rings. The Kier molecular flexibility index (Phi) is 6.80. The van der Waals surface area contributed by atoms with Crippen molar-refractivity contribution < 1.29 is 13.2 Å². The summed E-state index contributed by atoms with van der Waals surface area (Å²) in [7, 11) is -3.87. The number of nitrogens with zero attached hydrogens (tertiary/aromatic N) is 3. The lowest BCUT2D eigenvalue weighted by molar-refractivity contribution is 0.0950. The predicted molar refractivity (Wildman–Crippen MR) is 141 cm³/mol. The fraction of sp³-hybridized carbons (Fsp3) is 0.107. The molecule has 9 heteroatoms. The van der Waals surface area contributed by atoms with Crippen LogP contribution in [0.3, 0.4) is 0 Å². The third-order valence-corrected chi connectivity index (χ3v) is 7.40. The highest BCUT2D eigenvalue weighted by molar-refractivity contribution is 7.89. The highest BCUT2D eigenvalue weighted by atomic mass is 32.2. The Morgan fingerprint density at radius 1 is 0.919 bits per heavy atom. The molecular weight excluding hydrogens is 486 g/mol. The van der Waals surface area contributed by atoms with Gasteiger partial charge in [0.05, 0.1) is 28.2 Å². The number of fused-ring (bicyclic) bond motifs is 1. The monoisotopic (exact) mass is 511 g/mol. The number of benzene rings is 3. The third-order valence-electron chi connectivity index (χ3n) is 5.98. The molecule has 0 aliphatic heterocycles. The van der Waals surface area contributed by atoms with E-state index in [1.807, 2.05) is 55.5 Å². The molecule has 0 saturated carbocycles. The maximum absolute atomic E-state index is 13.3. The van der Waals surface area contributed by atoms with Crippen LogP contribution in [0.1, 0.15) is 33.6 Å². The topological polar surface area (TPSA) is 106 Å². The molecule has 0 radical (unpaired) electrons. The van der Waals surface area contributed by atoms with Gasteiger partial charge in [0, 0.05) is 11.8 Å². The summed E-state index contributed by atoms with van der Waals surface area (Å²) in [6, 6.07) is 28.2. The molecule has 0 bridgehead atoms. The van der Waals surface area contributed by atoms with Gasteiger partial charge in [-0.3, -0.25) is 9.78 Å². The number of imidazole rings is 1. The SMILES string of the molecule is Cc1nc2ccc(C(=O)NCc3ccccn3)cc2n1C(NS(=O)(=O)c1ccccc1)c1ccccc1. The Bertz CT molecular complexity index is 1640. The van der Waals surface area contributed by atoms with Crippen LogP contribution in [0.2, 0.25) is 0 Å². The van der Waals surface area contributed by atoms with Gasteiger partial charge in [0.15, 0.2) is 0 Å². The van der Waals surface area contributed by atoms with Crippen molar-refractivity contribution in [2.45, 2.75) is 24.5 Å². The lowest BCUT2D eigenvalue weighted by Crippen LogP contribution is -2.33. The first-order valence-electron chi connectivity index (χ1n) is 11.7. The molecule has 1 amide bonds. The Morgan fingerprint density at radius 3 is 2.32 bits per heavy atom. The van der Waals surface area contributed by atoms with Crippen LogP contribution in [0.5, 0.6) is 0 Å². The van der Waals surface area contributed by atoms with Gasteiger partial charge in [-0.05, 0) is 55.0 Å². The predicted octanol–water partition coefficient (Wildman–Crippen LogP) is 4.20. The molecule has 2 aromatic heterocycles. The molecule has 186 valence electrons. The number of amides is 1. The van der Waals surface area contributed by atoms with E-state index in [1.165, 1.54) is 0 Å². The van der Waals surface area contributed by atoms with Gasteiger partial charge >= 0.3 is 0 Å². The van der Waals surface area contributed by atoms with Crippen LogP contribution in [-0.4, -0.2) is 28.9 Å². The lowest BCUT2D eigenvalue weighted by Gasteiger charge is -2.23.